The number of thiazole rings is 1. The SMILES string of the molecule is Cc1nc(/C=C/C(=O)N2CCN(Cc3ccc(Cl)s3)CC2)cs1. The molecule has 2 aromatic rings. The molecule has 0 spiro atoms. The number of thiophene rings is 1. The molecule has 0 N–H and O–H groups in total. The van der Waals surface area contributed by atoms with E-state index in [2.05, 4.69) is 16.0 Å². The lowest BCUT2D eigenvalue weighted by Gasteiger charge is -2.33. The summed E-state index contributed by atoms with van der Waals surface area (Å²) in [6, 6.07) is 4.01. The van der Waals surface area contributed by atoms with Gasteiger partial charge in [-0.2, -0.15) is 0 Å². The van der Waals surface area contributed by atoms with Crippen molar-refractivity contribution in [1.29, 1.82) is 0 Å². The van der Waals surface area contributed by atoms with Gasteiger partial charge in [-0.15, -0.1) is 22.7 Å². The first-order valence-corrected chi connectivity index (χ1v) is 9.53. The van der Waals surface area contributed by atoms with E-state index in [1.807, 2.05) is 23.3 Å². The van der Waals surface area contributed by atoms with Gasteiger partial charge in [0.15, 0.2) is 0 Å². The van der Waals surface area contributed by atoms with Crippen molar-refractivity contribution < 1.29 is 4.79 Å². The molecule has 1 fully saturated rings. The Hall–Kier alpha value is -1.21. The summed E-state index contributed by atoms with van der Waals surface area (Å²) < 4.78 is 0.830. The van der Waals surface area contributed by atoms with E-state index in [0.29, 0.717) is 0 Å². The highest BCUT2D eigenvalue weighted by Gasteiger charge is 2.20. The lowest BCUT2D eigenvalue weighted by Crippen LogP contribution is -2.47. The molecule has 1 amide bonds. The molecule has 1 aliphatic heterocycles. The monoisotopic (exact) mass is 367 g/mol. The topological polar surface area (TPSA) is 36.4 Å². The summed E-state index contributed by atoms with van der Waals surface area (Å²) in [6.07, 6.45) is 3.43. The molecule has 2 aromatic heterocycles. The van der Waals surface area contributed by atoms with Crippen LogP contribution < -0.4 is 0 Å². The summed E-state index contributed by atoms with van der Waals surface area (Å²) in [4.78, 5) is 22.1. The summed E-state index contributed by atoms with van der Waals surface area (Å²) in [7, 11) is 0. The highest BCUT2D eigenvalue weighted by Crippen LogP contribution is 2.23. The second kappa shape index (κ2) is 7.57. The molecular formula is C16H18ClN3OS2. The molecule has 3 rings (SSSR count). The van der Waals surface area contributed by atoms with Crippen LogP contribution in [0, 0.1) is 6.92 Å². The maximum atomic E-state index is 12.2. The molecule has 0 radical (unpaired) electrons. The molecule has 0 unspecified atom stereocenters. The molecule has 122 valence electrons. The number of amides is 1. The number of carbonyl (C=O) groups is 1. The average Bonchev–Trinajstić information content (AvgIpc) is 3.14. The lowest BCUT2D eigenvalue weighted by atomic mass is 10.3. The smallest absolute Gasteiger partial charge is 0.246 e. The molecule has 0 aliphatic carbocycles. The number of aryl methyl sites for hydroxylation is 1. The quantitative estimate of drug-likeness (QED) is 0.776. The highest BCUT2D eigenvalue weighted by molar-refractivity contribution is 7.16. The molecule has 0 bridgehead atoms. The Morgan fingerprint density at radius 2 is 2.13 bits per heavy atom. The van der Waals surface area contributed by atoms with E-state index in [-0.39, 0.29) is 5.91 Å². The fourth-order valence-electron chi connectivity index (χ4n) is 2.50. The predicted molar refractivity (Wildman–Crippen MR) is 97.1 cm³/mol. The van der Waals surface area contributed by atoms with Crippen molar-refractivity contribution in [3.8, 4) is 0 Å². The zero-order chi connectivity index (χ0) is 16.2. The Kier molecular flexibility index (Phi) is 5.48. The molecule has 0 saturated carbocycles. The van der Waals surface area contributed by atoms with Crippen molar-refractivity contribution in [3.63, 3.8) is 0 Å². The first kappa shape index (κ1) is 16.6. The van der Waals surface area contributed by atoms with Gasteiger partial charge in [-0.25, -0.2) is 4.98 Å². The fraction of sp³-hybridized carbons (Fsp3) is 0.375. The minimum atomic E-state index is 0.0643. The van der Waals surface area contributed by atoms with Gasteiger partial charge in [0.2, 0.25) is 5.91 Å². The third kappa shape index (κ3) is 4.64. The van der Waals surface area contributed by atoms with E-state index in [4.69, 9.17) is 11.6 Å². The third-order valence-corrected chi connectivity index (χ3v) is 5.73. The van der Waals surface area contributed by atoms with Crippen LogP contribution in [0.4, 0.5) is 0 Å². The number of piperazine rings is 1. The normalized spacial score (nSPS) is 16.3. The second-order valence-corrected chi connectivity index (χ2v) is 8.29. The van der Waals surface area contributed by atoms with Crippen LogP contribution in [0.5, 0.6) is 0 Å². The summed E-state index contributed by atoms with van der Waals surface area (Å²) in [5.41, 5.74) is 0.856. The minimum absolute atomic E-state index is 0.0643. The van der Waals surface area contributed by atoms with Gasteiger partial charge >= 0.3 is 0 Å². The number of halogens is 1. The van der Waals surface area contributed by atoms with E-state index in [0.717, 1.165) is 47.8 Å². The van der Waals surface area contributed by atoms with Gasteiger partial charge in [0.1, 0.15) is 0 Å². The van der Waals surface area contributed by atoms with E-state index >= 15 is 0 Å². The molecule has 3 heterocycles. The molecule has 23 heavy (non-hydrogen) atoms. The fourth-order valence-corrected chi connectivity index (χ4v) is 4.21. The van der Waals surface area contributed by atoms with Gasteiger partial charge < -0.3 is 4.90 Å². The van der Waals surface area contributed by atoms with E-state index in [1.54, 1.807) is 34.8 Å². The number of carbonyl (C=O) groups excluding carboxylic acids is 1. The number of rotatable bonds is 4. The molecule has 0 atom stereocenters. The van der Waals surface area contributed by atoms with Crippen molar-refractivity contribution in [2.45, 2.75) is 13.5 Å². The van der Waals surface area contributed by atoms with Crippen LogP contribution in [0.1, 0.15) is 15.6 Å². The zero-order valence-corrected chi connectivity index (χ0v) is 15.3. The minimum Gasteiger partial charge on any atom is -0.337 e. The van der Waals surface area contributed by atoms with Crippen molar-refractivity contribution >= 4 is 46.3 Å². The predicted octanol–water partition coefficient (Wildman–Crippen LogP) is 3.52. The molecule has 4 nitrogen and oxygen atoms in total. The van der Waals surface area contributed by atoms with Gasteiger partial charge in [-0.3, -0.25) is 9.69 Å². The number of hydrogen-bond acceptors (Lipinski definition) is 5. The van der Waals surface area contributed by atoms with Crippen LogP contribution in [0.2, 0.25) is 4.34 Å². The molecule has 0 aromatic carbocycles. The van der Waals surface area contributed by atoms with E-state index in [1.165, 1.54) is 4.88 Å². The van der Waals surface area contributed by atoms with Crippen LogP contribution in [0.3, 0.4) is 0 Å². The molecular weight excluding hydrogens is 350 g/mol. The van der Waals surface area contributed by atoms with Crippen molar-refractivity contribution in [2.75, 3.05) is 26.2 Å². The van der Waals surface area contributed by atoms with Gasteiger partial charge in [0.25, 0.3) is 0 Å². The first-order valence-electron chi connectivity index (χ1n) is 7.46. The van der Waals surface area contributed by atoms with Crippen LogP contribution >= 0.6 is 34.3 Å². The number of hydrogen-bond donors (Lipinski definition) is 0. The summed E-state index contributed by atoms with van der Waals surface area (Å²) in [5.74, 6) is 0.0643. The van der Waals surface area contributed by atoms with Gasteiger partial charge in [-0.05, 0) is 25.1 Å². The second-order valence-electron chi connectivity index (χ2n) is 5.43. The van der Waals surface area contributed by atoms with Crippen LogP contribution in [0.15, 0.2) is 23.6 Å². The summed E-state index contributed by atoms with van der Waals surface area (Å²) in [5, 5.41) is 2.97. The molecule has 1 saturated heterocycles. The molecule has 1 aliphatic rings. The largest absolute Gasteiger partial charge is 0.337 e. The van der Waals surface area contributed by atoms with Gasteiger partial charge in [0.05, 0.1) is 15.0 Å². The Labute approximate surface area is 149 Å². The van der Waals surface area contributed by atoms with Gasteiger partial charge in [-0.1, -0.05) is 11.6 Å². The van der Waals surface area contributed by atoms with Crippen molar-refractivity contribution in [1.82, 2.24) is 14.8 Å². The Morgan fingerprint density at radius 1 is 1.35 bits per heavy atom. The number of aromatic nitrogens is 1. The zero-order valence-electron chi connectivity index (χ0n) is 12.9. The first-order chi connectivity index (χ1) is 11.1. The maximum absolute atomic E-state index is 12.2. The summed E-state index contributed by atoms with van der Waals surface area (Å²) in [6.45, 7) is 6.18. The Morgan fingerprint density at radius 3 is 2.74 bits per heavy atom. The van der Waals surface area contributed by atoms with E-state index in [9.17, 15) is 4.79 Å². The summed E-state index contributed by atoms with van der Waals surface area (Å²) >= 11 is 9.18. The van der Waals surface area contributed by atoms with Crippen LogP contribution in [-0.4, -0.2) is 46.9 Å². The standard InChI is InChI=1S/C16H18ClN3OS2/c1-12-18-13(11-22-12)2-5-16(21)20-8-6-19(7-9-20)10-14-3-4-15(17)23-14/h2-5,11H,6-10H2,1H3/b5-2+. The third-order valence-electron chi connectivity index (χ3n) is 3.73. The van der Waals surface area contributed by atoms with E-state index < -0.39 is 0 Å². The molecule has 7 heteroatoms. The lowest BCUT2D eigenvalue weighted by molar-refractivity contribution is -0.127. The van der Waals surface area contributed by atoms with Gasteiger partial charge in [0, 0.05) is 49.1 Å². The highest BCUT2D eigenvalue weighted by atomic mass is 35.5. The van der Waals surface area contributed by atoms with Crippen LogP contribution in [0.25, 0.3) is 6.08 Å². The number of nitrogens with zero attached hydrogens (tertiary/aromatic N) is 3. The average molecular weight is 368 g/mol. The Balaban J connectivity index is 1.48. The Bertz CT molecular complexity index is 702. The van der Waals surface area contributed by atoms with Crippen LogP contribution in [-0.2, 0) is 11.3 Å². The van der Waals surface area contributed by atoms with Crippen molar-refractivity contribution in [3.05, 3.63) is 43.5 Å². The van der Waals surface area contributed by atoms with Crippen molar-refractivity contribution in [2.24, 2.45) is 0 Å². The maximum Gasteiger partial charge on any atom is 0.246 e.